The molecule has 1 aromatic rings. The number of carbonyl (C=O) groups excluding carboxylic acids is 1. The number of nitrogens with zero attached hydrogens (tertiary/aromatic N) is 2. The summed E-state index contributed by atoms with van der Waals surface area (Å²) in [7, 11) is 5.52. The van der Waals surface area contributed by atoms with Gasteiger partial charge in [-0.3, -0.25) is 10.1 Å². The van der Waals surface area contributed by atoms with Crippen molar-refractivity contribution in [2.45, 2.75) is 20.0 Å². The van der Waals surface area contributed by atoms with Gasteiger partial charge < -0.3 is 14.4 Å². The van der Waals surface area contributed by atoms with Crippen molar-refractivity contribution in [1.82, 2.24) is 10.2 Å². The lowest BCUT2D eigenvalue weighted by atomic mass is 10.2. The summed E-state index contributed by atoms with van der Waals surface area (Å²) in [4.78, 5) is 18.5. The molecule has 0 atom stereocenters. The van der Waals surface area contributed by atoms with Crippen LogP contribution in [0.15, 0.2) is 29.3 Å². The molecule has 1 N–H and O–H groups in total. The highest BCUT2D eigenvalue weighted by atomic mass is 16.5. The van der Waals surface area contributed by atoms with E-state index in [-0.39, 0.29) is 18.0 Å². The third-order valence-electron chi connectivity index (χ3n) is 2.72. The predicted octanol–water partition coefficient (Wildman–Crippen LogP) is 1.77. The zero-order valence-corrected chi connectivity index (χ0v) is 13.9. The molecule has 122 valence electrons. The lowest BCUT2D eigenvalue weighted by molar-refractivity contribution is 0.0959. The Bertz CT molecular complexity index is 496. The molecule has 1 amide bonds. The van der Waals surface area contributed by atoms with Crippen LogP contribution >= 0.6 is 0 Å². The molecule has 0 saturated carbocycles. The molecule has 0 bridgehead atoms. The van der Waals surface area contributed by atoms with Crippen molar-refractivity contribution in [1.29, 1.82) is 0 Å². The molecule has 1 aromatic carbocycles. The van der Waals surface area contributed by atoms with Crippen molar-refractivity contribution in [3.63, 3.8) is 0 Å². The van der Waals surface area contributed by atoms with E-state index in [2.05, 4.69) is 10.3 Å². The number of likely N-dealkylation sites (N-methyl/N-ethyl adjacent to an activating group) is 1. The van der Waals surface area contributed by atoms with Gasteiger partial charge in [0, 0.05) is 12.1 Å². The molecule has 6 nitrogen and oxygen atoms in total. The van der Waals surface area contributed by atoms with Crippen molar-refractivity contribution < 1.29 is 14.3 Å². The lowest BCUT2D eigenvalue weighted by Gasteiger charge is -2.14. The highest BCUT2D eigenvalue weighted by Gasteiger charge is 2.11. The van der Waals surface area contributed by atoms with Gasteiger partial charge in [-0.05, 0) is 52.2 Å². The standard InChI is InChI=1S/C16H25N3O3/c1-12(2)22-16(17-10-11-19(3)4)18-15(20)13-6-8-14(21-5)9-7-13/h6-9,12H,10-11H2,1-5H3,(H,17,18,20). The molecule has 0 aliphatic heterocycles. The van der Waals surface area contributed by atoms with Gasteiger partial charge in [-0.2, -0.15) is 0 Å². The lowest BCUT2D eigenvalue weighted by Crippen LogP contribution is -2.34. The molecule has 0 spiro atoms. The average Bonchev–Trinajstić information content (AvgIpc) is 2.46. The first-order valence-corrected chi connectivity index (χ1v) is 7.23. The number of ether oxygens (including phenoxy) is 2. The Balaban J connectivity index is 2.72. The zero-order valence-electron chi connectivity index (χ0n) is 13.9. The highest BCUT2D eigenvalue weighted by Crippen LogP contribution is 2.11. The number of aliphatic imine (C=N–C) groups is 1. The van der Waals surface area contributed by atoms with E-state index in [1.54, 1.807) is 31.4 Å². The average molecular weight is 307 g/mol. The molecule has 6 heteroatoms. The van der Waals surface area contributed by atoms with Crippen molar-refractivity contribution in [2.75, 3.05) is 34.3 Å². The van der Waals surface area contributed by atoms with Crippen LogP contribution < -0.4 is 10.1 Å². The summed E-state index contributed by atoms with van der Waals surface area (Å²) in [5.41, 5.74) is 0.522. The Labute approximate surface area is 132 Å². The van der Waals surface area contributed by atoms with E-state index in [1.807, 2.05) is 32.8 Å². The molecule has 0 aliphatic rings. The van der Waals surface area contributed by atoms with E-state index in [9.17, 15) is 4.79 Å². The van der Waals surface area contributed by atoms with Crippen LogP contribution in [-0.4, -0.2) is 57.2 Å². The van der Waals surface area contributed by atoms with Crippen LogP contribution in [0.3, 0.4) is 0 Å². The second-order valence-electron chi connectivity index (χ2n) is 5.34. The smallest absolute Gasteiger partial charge is 0.291 e. The number of benzene rings is 1. The fraction of sp³-hybridized carbons (Fsp3) is 0.500. The first kappa shape index (κ1) is 18.0. The number of hydrogen-bond donors (Lipinski definition) is 1. The first-order chi connectivity index (χ1) is 10.4. The second-order valence-corrected chi connectivity index (χ2v) is 5.34. The van der Waals surface area contributed by atoms with E-state index >= 15 is 0 Å². The van der Waals surface area contributed by atoms with Crippen LogP contribution in [0.1, 0.15) is 24.2 Å². The summed E-state index contributed by atoms with van der Waals surface area (Å²) in [6, 6.07) is 7.11. The maximum atomic E-state index is 12.2. The molecular weight excluding hydrogens is 282 g/mol. The number of hydrogen-bond acceptors (Lipinski definition) is 5. The Morgan fingerprint density at radius 1 is 1.27 bits per heavy atom. The molecule has 0 heterocycles. The van der Waals surface area contributed by atoms with Gasteiger partial charge in [0.15, 0.2) is 0 Å². The molecule has 0 unspecified atom stereocenters. The van der Waals surface area contributed by atoms with Gasteiger partial charge in [0.2, 0.25) is 0 Å². The van der Waals surface area contributed by atoms with Gasteiger partial charge in [0.1, 0.15) is 5.75 Å². The summed E-state index contributed by atoms with van der Waals surface area (Å²) < 4.78 is 10.6. The maximum Gasteiger partial charge on any atom is 0.291 e. The van der Waals surface area contributed by atoms with Crippen molar-refractivity contribution in [2.24, 2.45) is 4.99 Å². The minimum atomic E-state index is -0.257. The quantitative estimate of drug-likeness (QED) is 0.642. The number of amidine groups is 1. The summed E-state index contributed by atoms with van der Waals surface area (Å²) in [6.07, 6.45) is -0.0609. The minimum Gasteiger partial charge on any atom is -0.497 e. The van der Waals surface area contributed by atoms with Crippen LogP contribution in [0.2, 0.25) is 0 Å². The summed E-state index contributed by atoms with van der Waals surface area (Å²) >= 11 is 0. The molecule has 0 fully saturated rings. The summed E-state index contributed by atoms with van der Waals surface area (Å²) in [5, 5.41) is 2.71. The number of methoxy groups -OCH3 is 1. The van der Waals surface area contributed by atoms with E-state index in [0.29, 0.717) is 17.9 Å². The van der Waals surface area contributed by atoms with Crippen LogP contribution in [0.4, 0.5) is 0 Å². The number of nitrogens with one attached hydrogen (secondary N) is 1. The van der Waals surface area contributed by atoms with E-state index in [4.69, 9.17) is 9.47 Å². The summed E-state index contributed by atoms with van der Waals surface area (Å²) in [6.45, 7) is 5.11. The molecule has 22 heavy (non-hydrogen) atoms. The normalized spacial score (nSPS) is 11.7. The van der Waals surface area contributed by atoms with Gasteiger partial charge in [-0.1, -0.05) is 0 Å². The number of rotatable bonds is 6. The van der Waals surface area contributed by atoms with Crippen LogP contribution in [0.25, 0.3) is 0 Å². The molecule has 0 radical (unpaired) electrons. The van der Waals surface area contributed by atoms with Gasteiger partial charge >= 0.3 is 0 Å². The van der Waals surface area contributed by atoms with E-state index in [0.717, 1.165) is 6.54 Å². The largest absolute Gasteiger partial charge is 0.497 e. The van der Waals surface area contributed by atoms with Crippen LogP contribution in [-0.2, 0) is 4.74 Å². The molecule has 0 aliphatic carbocycles. The van der Waals surface area contributed by atoms with Gasteiger partial charge in [0.05, 0.1) is 19.8 Å². The highest BCUT2D eigenvalue weighted by molar-refractivity contribution is 6.04. The Kier molecular flexibility index (Phi) is 7.39. The predicted molar refractivity (Wildman–Crippen MR) is 87.5 cm³/mol. The first-order valence-electron chi connectivity index (χ1n) is 7.23. The number of carbonyl (C=O) groups is 1. The van der Waals surface area contributed by atoms with Gasteiger partial charge in [-0.15, -0.1) is 0 Å². The Morgan fingerprint density at radius 3 is 2.41 bits per heavy atom. The van der Waals surface area contributed by atoms with E-state index < -0.39 is 0 Å². The van der Waals surface area contributed by atoms with Crippen molar-refractivity contribution >= 4 is 11.9 Å². The Hall–Kier alpha value is -2.08. The van der Waals surface area contributed by atoms with Crippen LogP contribution in [0.5, 0.6) is 5.75 Å². The second kappa shape index (κ2) is 9.04. The molecule has 0 aromatic heterocycles. The molecule has 0 saturated heterocycles. The zero-order chi connectivity index (χ0) is 16.5. The van der Waals surface area contributed by atoms with Gasteiger partial charge in [0.25, 0.3) is 11.9 Å². The summed E-state index contributed by atoms with van der Waals surface area (Å²) in [5.74, 6) is 0.446. The molecule has 1 rings (SSSR count). The maximum absolute atomic E-state index is 12.2. The minimum absolute atomic E-state index is 0.0609. The van der Waals surface area contributed by atoms with Crippen molar-refractivity contribution in [3.8, 4) is 5.75 Å². The third kappa shape index (κ3) is 6.58. The van der Waals surface area contributed by atoms with E-state index in [1.165, 1.54) is 0 Å². The van der Waals surface area contributed by atoms with Gasteiger partial charge in [-0.25, -0.2) is 4.99 Å². The topological polar surface area (TPSA) is 63.2 Å². The fourth-order valence-corrected chi connectivity index (χ4v) is 1.59. The van der Waals surface area contributed by atoms with Crippen LogP contribution in [0, 0.1) is 0 Å². The Morgan fingerprint density at radius 2 is 1.91 bits per heavy atom. The number of amides is 1. The van der Waals surface area contributed by atoms with Crippen molar-refractivity contribution in [3.05, 3.63) is 29.8 Å². The fourth-order valence-electron chi connectivity index (χ4n) is 1.59. The monoisotopic (exact) mass is 307 g/mol. The molecular formula is C16H25N3O3. The SMILES string of the molecule is COc1ccc(C(=O)NC(=NCCN(C)C)OC(C)C)cc1. The third-order valence-corrected chi connectivity index (χ3v) is 2.72.